The molecule has 2 aliphatic heterocycles. The van der Waals surface area contributed by atoms with Crippen LogP contribution in [0.1, 0.15) is 24.3 Å². The van der Waals surface area contributed by atoms with Crippen LogP contribution >= 0.6 is 11.8 Å². The fraction of sp³-hybridized carbons (Fsp3) is 0.115. The largest absolute Gasteiger partial charge is 0.458 e. The molecule has 1 aromatic heterocycles. The first-order chi connectivity index (χ1) is 17.7. The Kier molecular flexibility index (Phi) is 6.05. The number of amides is 1. The van der Waals surface area contributed by atoms with Crippen LogP contribution in [-0.2, 0) is 11.0 Å². The lowest BCUT2D eigenvalue weighted by Gasteiger charge is -2.33. The Balaban J connectivity index is 1.59. The average molecular weight is 522 g/mol. The van der Waals surface area contributed by atoms with Crippen molar-refractivity contribution in [3.63, 3.8) is 0 Å². The van der Waals surface area contributed by atoms with Gasteiger partial charge in [-0.1, -0.05) is 30.3 Å². The number of hydrogen-bond acceptors (Lipinski definition) is 7. The molecule has 0 saturated heterocycles. The van der Waals surface area contributed by atoms with Gasteiger partial charge in [-0.15, -0.1) is 0 Å². The van der Waals surface area contributed by atoms with E-state index in [1.807, 2.05) is 12.1 Å². The minimum atomic E-state index is -4.51. The number of anilines is 1. The van der Waals surface area contributed by atoms with Gasteiger partial charge in [-0.05, 0) is 55.1 Å². The van der Waals surface area contributed by atoms with E-state index >= 15 is 0 Å². The van der Waals surface area contributed by atoms with Gasteiger partial charge >= 0.3 is 6.18 Å². The van der Waals surface area contributed by atoms with Crippen LogP contribution in [0.15, 0.2) is 98.1 Å². The number of allylic oxidation sites excluding steroid dienone is 2. The number of nitrogens with one attached hydrogen (secondary N) is 1. The van der Waals surface area contributed by atoms with E-state index in [4.69, 9.17) is 10.2 Å². The van der Waals surface area contributed by atoms with Gasteiger partial charge < -0.3 is 15.5 Å². The summed E-state index contributed by atoms with van der Waals surface area (Å²) < 4.78 is 45.8. The number of carbonyl (C=O) groups is 1. The maximum atomic E-state index is 13.5. The molecule has 1 amide bonds. The first-order valence-corrected chi connectivity index (χ1v) is 11.8. The van der Waals surface area contributed by atoms with E-state index in [0.717, 1.165) is 23.9 Å². The maximum Gasteiger partial charge on any atom is 0.416 e. The van der Waals surface area contributed by atoms with Crippen LogP contribution in [0.4, 0.5) is 18.9 Å². The van der Waals surface area contributed by atoms with Gasteiger partial charge in [0.1, 0.15) is 34.4 Å². The molecule has 0 radical (unpaired) electrons. The van der Waals surface area contributed by atoms with Crippen LogP contribution in [0.25, 0.3) is 11.3 Å². The molecule has 2 aromatic carbocycles. The first-order valence-electron chi connectivity index (χ1n) is 11.0. The molecule has 0 unspecified atom stereocenters. The summed E-state index contributed by atoms with van der Waals surface area (Å²) in [6.45, 7) is 1.66. The third-order valence-corrected chi connectivity index (χ3v) is 6.80. The third kappa shape index (κ3) is 4.47. The molecule has 0 bridgehead atoms. The number of aliphatic imine (C=N–C) groups is 1. The molecule has 2 aliphatic rings. The molecular formula is C26H18F3N5O2S. The van der Waals surface area contributed by atoms with Gasteiger partial charge in [0, 0.05) is 11.3 Å². The second-order valence-corrected chi connectivity index (χ2v) is 9.17. The van der Waals surface area contributed by atoms with Crippen LogP contribution in [0.2, 0.25) is 0 Å². The van der Waals surface area contributed by atoms with Crippen LogP contribution < -0.4 is 11.1 Å². The Bertz CT molecular complexity index is 1530. The molecule has 37 heavy (non-hydrogen) atoms. The summed E-state index contributed by atoms with van der Waals surface area (Å²) >= 11 is 1.07. The number of nitrogens with two attached hydrogens (primary N) is 1. The molecule has 5 rings (SSSR count). The molecule has 186 valence electrons. The zero-order valence-corrected chi connectivity index (χ0v) is 20.0. The zero-order valence-electron chi connectivity index (χ0n) is 19.2. The molecule has 11 heteroatoms. The highest BCUT2D eigenvalue weighted by molar-refractivity contribution is 8.17. The number of amidine groups is 1. The van der Waals surface area contributed by atoms with Gasteiger partial charge in [-0.25, -0.2) is 4.99 Å². The molecule has 7 nitrogen and oxygen atoms in total. The van der Waals surface area contributed by atoms with Gasteiger partial charge in [-0.2, -0.15) is 18.4 Å². The number of nitrogens with zero attached hydrogens (tertiary/aromatic N) is 3. The first kappa shape index (κ1) is 24.3. The molecule has 3 N–H and O–H groups in total. The van der Waals surface area contributed by atoms with Crippen molar-refractivity contribution in [2.24, 2.45) is 10.7 Å². The minimum absolute atomic E-state index is 0.103. The van der Waals surface area contributed by atoms with Gasteiger partial charge in [-0.3, -0.25) is 9.69 Å². The molecule has 3 heterocycles. The summed E-state index contributed by atoms with van der Waals surface area (Å²) in [6.07, 6.45) is -4.51. The normalized spacial score (nSPS) is 17.4. The topological polar surface area (TPSA) is 108 Å². The number of fused-ring (bicyclic) bond motifs is 1. The second kappa shape index (κ2) is 9.22. The second-order valence-electron chi connectivity index (χ2n) is 8.19. The molecule has 0 fully saturated rings. The predicted octanol–water partition coefficient (Wildman–Crippen LogP) is 5.99. The van der Waals surface area contributed by atoms with Crippen molar-refractivity contribution >= 4 is 28.5 Å². The van der Waals surface area contributed by atoms with Gasteiger partial charge in [0.2, 0.25) is 0 Å². The van der Waals surface area contributed by atoms with Crippen LogP contribution in [0.3, 0.4) is 0 Å². The average Bonchev–Trinajstić information content (AvgIpc) is 3.48. The van der Waals surface area contributed by atoms with Gasteiger partial charge in [0.05, 0.1) is 16.8 Å². The van der Waals surface area contributed by atoms with Crippen molar-refractivity contribution in [1.29, 1.82) is 5.26 Å². The quantitative estimate of drug-likeness (QED) is 0.437. The van der Waals surface area contributed by atoms with E-state index in [1.54, 1.807) is 37.3 Å². The summed E-state index contributed by atoms with van der Waals surface area (Å²) in [5.41, 5.74) is 6.86. The summed E-state index contributed by atoms with van der Waals surface area (Å²) in [7, 11) is 0. The van der Waals surface area contributed by atoms with Crippen LogP contribution in [0, 0.1) is 11.3 Å². The van der Waals surface area contributed by atoms with Gasteiger partial charge in [0.25, 0.3) is 5.91 Å². The molecular weight excluding hydrogens is 503 g/mol. The van der Waals surface area contributed by atoms with Crippen molar-refractivity contribution in [3.8, 4) is 17.4 Å². The molecule has 0 aliphatic carbocycles. The predicted molar refractivity (Wildman–Crippen MR) is 133 cm³/mol. The smallest absolute Gasteiger partial charge is 0.416 e. The number of carbonyl (C=O) groups excluding carboxylic acids is 1. The van der Waals surface area contributed by atoms with Crippen LogP contribution in [0.5, 0.6) is 0 Å². The van der Waals surface area contributed by atoms with Crippen molar-refractivity contribution in [3.05, 3.63) is 100 Å². The number of thioether (sulfide) groups is 1. The minimum Gasteiger partial charge on any atom is -0.458 e. The molecule has 3 aromatic rings. The lowest BCUT2D eigenvalue weighted by molar-refractivity contribution is -0.137. The number of hydrogen-bond donors (Lipinski definition) is 2. The van der Waals surface area contributed by atoms with Crippen molar-refractivity contribution < 1.29 is 22.4 Å². The fourth-order valence-electron chi connectivity index (χ4n) is 4.12. The van der Waals surface area contributed by atoms with E-state index in [0.29, 0.717) is 16.6 Å². The highest BCUT2D eigenvalue weighted by Crippen LogP contribution is 2.46. The number of nitriles is 1. The highest BCUT2D eigenvalue weighted by Gasteiger charge is 2.43. The molecule has 0 saturated carbocycles. The number of benzene rings is 2. The Hall–Kier alpha value is -4.43. The lowest BCUT2D eigenvalue weighted by Crippen LogP contribution is -2.39. The van der Waals surface area contributed by atoms with Crippen molar-refractivity contribution in [2.45, 2.75) is 19.1 Å². The standard InChI is InChI=1S/C26H18F3N5O2S/c1-14-21(24(35)33-17-8-3-2-4-9-17)22(34-23(31)20(13-30)37-25(34)32-14)19-11-10-18(36-19)15-6-5-7-16(12-15)26(27,28)29/h2-12,22H,31H2,1H3,(H,33,35)/t22-/m0/s1. The number of halogens is 3. The lowest BCUT2D eigenvalue weighted by atomic mass is 9.98. The SMILES string of the molecule is CC1=C(C(=O)Nc2ccccc2)[C@H](c2ccc(-c3cccc(C(F)(F)F)c3)o2)N2C(=N1)SC(C#N)=C2N. The number of rotatable bonds is 4. The highest BCUT2D eigenvalue weighted by atomic mass is 32.2. The number of alkyl halides is 3. The maximum absolute atomic E-state index is 13.5. The monoisotopic (exact) mass is 521 g/mol. The fourth-order valence-corrected chi connectivity index (χ4v) is 5.04. The summed E-state index contributed by atoms with van der Waals surface area (Å²) in [6, 6.07) is 17.8. The summed E-state index contributed by atoms with van der Waals surface area (Å²) in [5.74, 6) is 0.0724. The van der Waals surface area contributed by atoms with E-state index in [1.165, 1.54) is 23.1 Å². The van der Waals surface area contributed by atoms with E-state index in [-0.39, 0.29) is 33.4 Å². The van der Waals surface area contributed by atoms with Crippen molar-refractivity contribution in [2.75, 3.05) is 5.32 Å². The van der Waals surface area contributed by atoms with E-state index < -0.39 is 23.7 Å². The van der Waals surface area contributed by atoms with Gasteiger partial charge in [0.15, 0.2) is 5.17 Å². The zero-order chi connectivity index (χ0) is 26.3. The summed E-state index contributed by atoms with van der Waals surface area (Å²) in [4.78, 5) is 19.7. The Morgan fingerprint density at radius 3 is 2.62 bits per heavy atom. The van der Waals surface area contributed by atoms with E-state index in [2.05, 4.69) is 10.3 Å². The number of para-hydroxylation sites is 1. The van der Waals surface area contributed by atoms with Crippen LogP contribution in [-0.4, -0.2) is 16.0 Å². The number of furan rings is 1. The Morgan fingerprint density at radius 1 is 1.16 bits per heavy atom. The summed E-state index contributed by atoms with van der Waals surface area (Å²) in [5, 5.41) is 12.8. The molecule has 1 atom stereocenters. The van der Waals surface area contributed by atoms with E-state index in [9.17, 15) is 23.2 Å². The van der Waals surface area contributed by atoms with Crippen molar-refractivity contribution in [1.82, 2.24) is 4.90 Å². The Morgan fingerprint density at radius 2 is 1.92 bits per heavy atom. The Labute approximate surface area is 213 Å². The third-order valence-electron chi connectivity index (χ3n) is 5.82. The molecule has 0 spiro atoms.